The van der Waals surface area contributed by atoms with Gasteiger partial charge in [-0.3, -0.25) is 4.99 Å². The topological polar surface area (TPSA) is 59.9 Å². The molecule has 1 aliphatic heterocycles. The van der Waals surface area contributed by atoms with E-state index in [9.17, 15) is 5.11 Å². The second-order valence-corrected chi connectivity index (χ2v) is 8.73. The van der Waals surface area contributed by atoms with E-state index in [1.807, 2.05) is 12.1 Å². The molecule has 0 aliphatic carbocycles. The van der Waals surface area contributed by atoms with Gasteiger partial charge in [-0.2, -0.15) is 0 Å². The summed E-state index contributed by atoms with van der Waals surface area (Å²) in [6, 6.07) is 8.23. The van der Waals surface area contributed by atoms with Crippen molar-refractivity contribution >= 4 is 29.9 Å². The third-order valence-electron chi connectivity index (χ3n) is 5.32. The Morgan fingerprint density at radius 1 is 1.18 bits per heavy atom. The number of hydrogen-bond donors (Lipinski definition) is 3. The average Bonchev–Trinajstić information content (AvgIpc) is 2.64. The van der Waals surface area contributed by atoms with E-state index >= 15 is 0 Å². The maximum Gasteiger partial charge on any atom is 0.191 e. The van der Waals surface area contributed by atoms with E-state index in [-0.39, 0.29) is 29.4 Å². The van der Waals surface area contributed by atoms with Gasteiger partial charge >= 0.3 is 0 Å². The van der Waals surface area contributed by atoms with Gasteiger partial charge in [0.1, 0.15) is 0 Å². The number of nitrogens with zero attached hydrogens (tertiary/aromatic N) is 2. The molecular formula is C22H39IN4O. The summed E-state index contributed by atoms with van der Waals surface area (Å²) in [5.74, 6) is 1.49. The summed E-state index contributed by atoms with van der Waals surface area (Å²) in [7, 11) is 2.19. The highest BCUT2D eigenvalue weighted by atomic mass is 127. The second-order valence-electron chi connectivity index (χ2n) is 8.73. The van der Waals surface area contributed by atoms with Crippen molar-refractivity contribution in [2.24, 2.45) is 10.9 Å². The lowest BCUT2D eigenvalue weighted by Crippen LogP contribution is -2.42. The lowest BCUT2D eigenvalue weighted by Gasteiger charge is -2.29. The van der Waals surface area contributed by atoms with Crippen LogP contribution in [0, 0.1) is 5.92 Å². The Hall–Kier alpha value is -0.860. The monoisotopic (exact) mass is 502 g/mol. The number of aliphatic imine (C=N–C) groups is 1. The molecule has 0 bridgehead atoms. The van der Waals surface area contributed by atoms with Crippen LogP contribution in [0.4, 0.5) is 0 Å². The first kappa shape index (κ1) is 25.2. The lowest BCUT2D eigenvalue weighted by atomic mass is 9.86. The summed E-state index contributed by atoms with van der Waals surface area (Å²) in [6.07, 6.45) is 1.87. The SMILES string of the molecule is CCNC(=NCC(O)c1ccc(C(C)(C)C)cc1)NCC1CCN(C)CC1.I. The van der Waals surface area contributed by atoms with Crippen molar-refractivity contribution in [3.63, 3.8) is 0 Å². The zero-order chi connectivity index (χ0) is 19.9. The molecule has 1 aliphatic rings. The van der Waals surface area contributed by atoms with Crippen molar-refractivity contribution < 1.29 is 5.11 Å². The Labute approximate surface area is 188 Å². The Morgan fingerprint density at radius 3 is 2.32 bits per heavy atom. The number of guanidine groups is 1. The molecule has 6 heteroatoms. The first-order chi connectivity index (χ1) is 12.8. The van der Waals surface area contributed by atoms with Gasteiger partial charge in [0.2, 0.25) is 0 Å². The molecule has 160 valence electrons. The van der Waals surface area contributed by atoms with E-state index in [4.69, 9.17) is 0 Å². The number of hydrogen-bond acceptors (Lipinski definition) is 3. The van der Waals surface area contributed by atoms with Gasteiger partial charge in [-0.1, -0.05) is 45.0 Å². The highest BCUT2D eigenvalue weighted by molar-refractivity contribution is 14.0. The number of benzene rings is 1. The highest BCUT2D eigenvalue weighted by Gasteiger charge is 2.17. The number of aliphatic hydroxyl groups excluding tert-OH is 1. The van der Waals surface area contributed by atoms with Crippen molar-refractivity contribution in [1.29, 1.82) is 0 Å². The zero-order valence-electron chi connectivity index (χ0n) is 18.2. The fourth-order valence-corrected chi connectivity index (χ4v) is 3.34. The van der Waals surface area contributed by atoms with E-state index in [0.717, 1.165) is 24.6 Å². The largest absolute Gasteiger partial charge is 0.386 e. The summed E-state index contributed by atoms with van der Waals surface area (Å²) < 4.78 is 0. The molecule has 1 aromatic carbocycles. The summed E-state index contributed by atoms with van der Waals surface area (Å²) in [4.78, 5) is 6.98. The van der Waals surface area contributed by atoms with Crippen LogP contribution in [-0.4, -0.2) is 55.7 Å². The van der Waals surface area contributed by atoms with E-state index in [0.29, 0.717) is 12.5 Å². The molecule has 28 heavy (non-hydrogen) atoms. The van der Waals surface area contributed by atoms with Crippen molar-refractivity contribution in [1.82, 2.24) is 15.5 Å². The molecule has 0 spiro atoms. The van der Waals surface area contributed by atoms with Gasteiger partial charge in [-0.25, -0.2) is 0 Å². The van der Waals surface area contributed by atoms with E-state index in [2.05, 4.69) is 67.4 Å². The molecular weight excluding hydrogens is 463 g/mol. The summed E-state index contributed by atoms with van der Waals surface area (Å²) in [5, 5.41) is 17.2. The molecule has 1 aromatic rings. The zero-order valence-corrected chi connectivity index (χ0v) is 20.5. The van der Waals surface area contributed by atoms with E-state index in [1.54, 1.807) is 0 Å². The van der Waals surface area contributed by atoms with Crippen LogP contribution in [-0.2, 0) is 5.41 Å². The molecule has 1 fully saturated rings. The highest BCUT2D eigenvalue weighted by Crippen LogP contribution is 2.24. The standard InChI is InChI=1S/C22H38N4O.HI/c1-6-23-21(24-15-17-11-13-26(5)14-12-17)25-16-20(27)18-7-9-19(10-8-18)22(2,3)4;/h7-10,17,20,27H,6,11-16H2,1-5H3,(H2,23,24,25);1H. The van der Waals surface area contributed by atoms with Gasteiger partial charge < -0.3 is 20.6 Å². The van der Waals surface area contributed by atoms with Gasteiger partial charge in [0, 0.05) is 13.1 Å². The van der Waals surface area contributed by atoms with Gasteiger partial charge in [-0.05, 0) is 62.4 Å². The van der Waals surface area contributed by atoms with E-state index in [1.165, 1.54) is 31.5 Å². The third-order valence-corrected chi connectivity index (χ3v) is 5.32. The average molecular weight is 502 g/mol. The van der Waals surface area contributed by atoms with Crippen LogP contribution in [0.25, 0.3) is 0 Å². The predicted octanol–water partition coefficient (Wildman–Crippen LogP) is 3.53. The van der Waals surface area contributed by atoms with Crippen LogP contribution in [0.1, 0.15) is 57.8 Å². The maximum absolute atomic E-state index is 10.5. The first-order valence-corrected chi connectivity index (χ1v) is 10.3. The van der Waals surface area contributed by atoms with Gasteiger partial charge in [-0.15, -0.1) is 24.0 Å². The van der Waals surface area contributed by atoms with Crippen LogP contribution in [0.15, 0.2) is 29.3 Å². The minimum Gasteiger partial charge on any atom is -0.386 e. The lowest BCUT2D eigenvalue weighted by molar-refractivity contribution is 0.187. The second kappa shape index (κ2) is 12.0. The molecule has 0 aromatic heterocycles. The molecule has 1 heterocycles. The quantitative estimate of drug-likeness (QED) is 0.317. The van der Waals surface area contributed by atoms with E-state index < -0.39 is 6.10 Å². The molecule has 1 unspecified atom stereocenters. The van der Waals surface area contributed by atoms with Crippen molar-refractivity contribution in [3.8, 4) is 0 Å². The number of aliphatic hydroxyl groups is 1. The number of piperidine rings is 1. The Bertz CT molecular complexity index is 590. The normalized spacial score (nSPS) is 17.7. The fourth-order valence-electron chi connectivity index (χ4n) is 3.34. The van der Waals surface area contributed by atoms with Gasteiger partial charge in [0.15, 0.2) is 5.96 Å². The van der Waals surface area contributed by atoms with Gasteiger partial charge in [0.05, 0.1) is 12.6 Å². The molecule has 1 saturated heterocycles. The van der Waals surface area contributed by atoms with Crippen LogP contribution < -0.4 is 10.6 Å². The van der Waals surface area contributed by atoms with Crippen molar-refractivity contribution in [2.75, 3.05) is 39.8 Å². The van der Waals surface area contributed by atoms with Gasteiger partial charge in [0.25, 0.3) is 0 Å². The third kappa shape index (κ3) is 8.25. The van der Waals surface area contributed by atoms with Crippen LogP contribution in [0.3, 0.4) is 0 Å². The van der Waals surface area contributed by atoms with Crippen LogP contribution in [0.2, 0.25) is 0 Å². The summed E-state index contributed by atoms with van der Waals surface area (Å²) in [5.41, 5.74) is 2.31. The summed E-state index contributed by atoms with van der Waals surface area (Å²) >= 11 is 0. The molecule has 0 radical (unpaired) electrons. The molecule has 0 saturated carbocycles. The fraction of sp³-hybridized carbons (Fsp3) is 0.682. The number of rotatable bonds is 6. The van der Waals surface area contributed by atoms with Crippen molar-refractivity contribution in [2.45, 2.75) is 52.1 Å². The maximum atomic E-state index is 10.5. The van der Waals surface area contributed by atoms with Crippen molar-refractivity contribution in [3.05, 3.63) is 35.4 Å². The molecule has 1 atom stereocenters. The molecule has 3 N–H and O–H groups in total. The molecule has 5 nitrogen and oxygen atoms in total. The number of likely N-dealkylation sites (tertiary alicyclic amines) is 1. The van der Waals surface area contributed by atoms with Crippen LogP contribution in [0.5, 0.6) is 0 Å². The Morgan fingerprint density at radius 2 is 1.79 bits per heavy atom. The minimum absolute atomic E-state index is 0. The van der Waals surface area contributed by atoms with Crippen LogP contribution >= 0.6 is 24.0 Å². The Kier molecular flexibility index (Phi) is 10.8. The predicted molar refractivity (Wildman–Crippen MR) is 130 cm³/mol. The molecule has 0 amide bonds. The smallest absolute Gasteiger partial charge is 0.191 e. The first-order valence-electron chi connectivity index (χ1n) is 10.3. The summed E-state index contributed by atoms with van der Waals surface area (Å²) in [6.45, 7) is 13.1. The number of nitrogens with one attached hydrogen (secondary N) is 2. The minimum atomic E-state index is -0.585. The molecule has 2 rings (SSSR count). The Balaban J connectivity index is 0.00000392. The number of halogens is 1.